The van der Waals surface area contributed by atoms with Crippen LogP contribution in [0.2, 0.25) is 0 Å². The van der Waals surface area contributed by atoms with Gasteiger partial charge in [0.15, 0.2) is 5.82 Å². The summed E-state index contributed by atoms with van der Waals surface area (Å²) in [5, 5.41) is 5.71. The Kier molecular flexibility index (Phi) is 4.37. The van der Waals surface area contributed by atoms with Gasteiger partial charge < -0.3 is 4.74 Å². The first-order valence-electron chi connectivity index (χ1n) is 12.6. The average molecular weight is 491 g/mol. The third kappa shape index (κ3) is 2.87. The molecule has 0 radical (unpaired) electrons. The molecule has 3 aromatic heterocycles. The zero-order valence-electron chi connectivity index (χ0n) is 20.7. The number of hydrogen-bond acceptors (Lipinski definition) is 3. The van der Waals surface area contributed by atoms with Crippen LogP contribution in [-0.2, 0) is 0 Å². The van der Waals surface area contributed by atoms with Crippen molar-refractivity contribution < 1.29 is 4.74 Å². The molecule has 0 N–H and O–H groups in total. The summed E-state index contributed by atoms with van der Waals surface area (Å²) in [6.45, 7) is 0. The maximum atomic E-state index is 5.59. The molecule has 0 aliphatic rings. The minimum absolute atomic E-state index is 0.625. The van der Waals surface area contributed by atoms with E-state index in [1.165, 1.54) is 21.5 Å². The zero-order valence-corrected chi connectivity index (χ0v) is 20.7. The fourth-order valence-electron chi connectivity index (χ4n) is 5.77. The highest BCUT2D eigenvalue weighted by molar-refractivity contribution is 6.11. The summed E-state index contributed by atoms with van der Waals surface area (Å²) in [6, 6.07) is 39.9. The van der Waals surface area contributed by atoms with Crippen molar-refractivity contribution in [2.45, 2.75) is 0 Å². The van der Waals surface area contributed by atoms with E-state index in [1.54, 1.807) is 7.11 Å². The average Bonchev–Trinajstić information content (AvgIpc) is 3.49. The van der Waals surface area contributed by atoms with E-state index < -0.39 is 0 Å². The van der Waals surface area contributed by atoms with Gasteiger partial charge in [-0.05, 0) is 36.4 Å². The molecule has 0 spiro atoms. The van der Waals surface area contributed by atoms with Gasteiger partial charge in [0, 0.05) is 33.0 Å². The Morgan fingerprint density at radius 3 is 1.47 bits per heavy atom. The van der Waals surface area contributed by atoms with Crippen LogP contribution < -0.4 is 4.74 Å². The predicted octanol–water partition coefficient (Wildman–Crippen LogP) is 7.83. The molecule has 5 nitrogen and oxygen atoms in total. The van der Waals surface area contributed by atoms with Crippen molar-refractivity contribution in [1.82, 2.24) is 19.1 Å². The van der Waals surface area contributed by atoms with Crippen molar-refractivity contribution >= 4 is 54.5 Å². The largest absolute Gasteiger partial charge is 0.497 e. The summed E-state index contributed by atoms with van der Waals surface area (Å²) in [7, 11) is 1.68. The molecule has 8 rings (SSSR count). The van der Waals surface area contributed by atoms with Crippen molar-refractivity contribution in [3.63, 3.8) is 0 Å². The van der Waals surface area contributed by atoms with Gasteiger partial charge in [-0.3, -0.25) is 9.13 Å². The second kappa shape index (κ2) is 7.92. The highest BCUT2D eigenvalue weighted by Crippen LogP contribution is 2.36. The number of methoxy groups -OCH3 is 1. The summed E-state index contributed by atoms with van der Waals surface area (Å²) < 4.78 is 10.0. The Morgan fingerprint density at radius 2 is 0.974 bits per heavy atom. The van der Waals surface area contributed by atoms with E-state index in [-0.39, 0.29) is 0 Å². The summed E-state index contributed by atoms with van der Waals surface area (Å²) in [5.41, 5.74) is 5.19. The Labute approximate surface area is 218 Å². The molecule has 5 aromatic carbocycles. The van der Waals surface area contributed by atoms with Crippen molar-refractivity contribution in [2.24, 2.45) is 0 Å². The third-order valence-corrected chi connectivity index (χ3v) is 7.44. The molecule has 8 aromatic rings. The monoisotopic (exact) mass is 490 g/mol. The lowest BCUT2D eigenvalue weighted by Gasteiger charge is -2.14. The highest BCUT2D eigenvalue weighted by atomic mass is 16.5. The zero-order chi connectivity index (χ0) is 25.2. The quantitative estimate of drug-likeness (QED) is 0.253. The van der Waals surface area contributed by atoms with Gasteiger partial charge in [0.2, 0.25) is 5.95 Å². The molecule has 0 saturated heterocycles. The van der Waals surface area contributed by atoms with Crippen molar-refractivity contribution in [2.75, 3.05) is 7.11 Å². The molecule has 0 aliphatic heterocycles. The molecule has 180 valence electrons. The Morgan fingerprint density at radius 1 is 0.500 bits per heavy atom. The van der Waals surface area contributed by atoms with Gasteiger partial charge in [0.05, 0.1) is 34.7 Å². The van der Waals surface area contributed by atoms with Crippen LogP contribution in [0.3, 0.4) is 0 Å². The molecule has 0 saturated carbocycles. The maximum absolute atomic E-state index is 5.59. The Balaban J connectivity index is 1.55. The third-order valence-electron chi connectivity index (χ3n) is 7.44. The predicted molar refractivity (Wildman–Crippen MR) is 155 cm³/mol. The minimum atomic E-state index is 0.625. The number of benzene rings is 5. The Bertz CT molecular complexity index is 2080. The molecule has 0 aliphatic carbocycles. The van der Waals surface area contributed by atoms with E-state index in [0.29, 0.717) is 5.95 Å². The second-order valence-electron chi connectivity index (χ2n) is 9.47. The van der Waals surface area contributed by atoms with Gasteiger partial charge in [-0.25, -0.2) is 4.98 Å². The topological polar surface area (TPSA) is 44.9 Å². The SMILES string of the molecule is COc1ccc2c(-n3c4ccccc4c4ccccc43)nc(-n3c4ccccc4c4ccccc43)nc2c1. The number of para-hydroxylation sites is 4. The molecule has 38 heavy (non-hydrogen) atoms. The molecule has 0 unspecified atom stereocenters. The van der Waals surface area contributed by atoms with Crippen LogP contribution in [0.4, 0.5) is 0 Å². The van der Waals surface area contributed by atoms with E-state index >= 15 is 0 Å². The standard InChI is InChI=1S/C33H22N4O/c1-38-21-18-19-26-27(20-21)34-33(37-30-16-8-4-12-24(30)25-13-5-9-17-31(25)37)35-32(26)36-28-14-6-2-10-22(28)23-11-3-7-15-29(23)36/h2-20H,1H3. The lowest BCUT2D eigenvalue weighted by atomic mass is 10.2. The number of rotatable bonds is 3. The number of hydrogen-bond donors (Lipinski definition) is 0. The number of nitrogens with zero attached hydrogens (tertiary/aromatic N) is 4. The fraction of sp³-hybridized carbons (Fsp3) is 0.0303. The van der Waals surface area contributed by atoms with Crippen LogP contribution in [0.15, 0.2) is 115 Å². The molecular weight excluding hydrogens is 468 g/mol. The van der Waals surface area contributed by atoms with E-state index in [1.807, 2.05) is 12.1 Å². The van der Waals surface area contributed by atoms with E-state index in [2.05, 4.69) is 112 Å². The molecule has 0 atom stereocenters. The maximum Gasteiger partial charge on any atom is 0.237 e. The first-order valence-corrected chi connectivity index (χ1v) is 12.6. The summed E-state index contributed by atoms with van der Waals surface area (Å²) in [6.07, 6.45) is 0. The Hall–Kier alpha value is -5.16. The van der Waals surface area contributed by atoms with Gasteiger partial charge in [-0.15, -0.1) is 0 Å². The first-order chi connectivity index (χ1) is 18.8. The normalized spacial score (nSPS) is 11.8. The van der Waals surface area contributed by atoms with Crippen molar-refractivity contribution in [3.05, 3.63) is 115 Å². The minimum Gasteiger partial charge on any atom is -0.497 e. The van der Waals surface area contributed by atoms with Crippen LogP contribution in [-0.4, -0.2) is 26.2 Å². The van der Waals surface area contributed by atoms with Crippen molar-refractivity contribution in [3.8, 4) is 17.5 Å². The highest BCUT2D eigenvalue weighted by Gasteiger charge is 2.20. The lowest BCUT2D eigenvalue weighted by Crippen LogP contribution is -2.07. The van der Waals surface area contributed by atoms with Crippen LogP contribution in [0.25, 0.3) is 66.3 Å². The van der Waals surface area contributed by atoms with Crippen LogP contribution in [0.5, 0.6) is 5.75 Å². The summed E-state index contributed by atoms with van der Waals surface area (Å²) >= 11 is 0. The van der Waals surface area contributed by atoms with Gasteiger partial charge in [0.25, 0.3) is 0 Å². The number of aromatic nitrogens is 4. The van der Waals surface area contributed by atoms with Crippen molar-refractivity contribution in [1.29, 1.82) is 0 Å². The summed E-state index contributed by atoms with van der Waals surface area (Å²) in [5.74, 6) is 2.23. The van der Waals surface area contributed by atoms with E-state index in [9.17, 15) is 0 Å². The summed E-state index contributed by atoms with van der Waals surface area (Å²) in [4.78, 5) is 10.4. The fourth-order valence-corrected chi connectivity index (χ4v) is 5.77. The smallest absolute Gasteiger partial charge is 0.237 e. The number of fused-ring (bicyclic) bond motifs is 7. The van der Waals surface area contributed by atoms with E-state index in [0.717, 1.165) is 44.5 Å². The second-order valence-corrected chi connectivity index (χ2v) is 9.47. The molecule has 0 amide bonds. The van der Waals surface area contributed by atoms with Gasteiger partial charge in [0.1, 0.15) is 5.75 Å². The molecular formula is C33H22N4O. The molecule has 0 fully saturated rings. The molecule has 0 bridgehead atoms. The molecule has 5 heteroatoms. The van der Waals surface area contributed by atoms with Gasteiger partial charge in [-0.1, -0.05) is 72.8 Å². The van der Waals surface area contributed by atoms with E-state index in [4.69, 9.17) is 14.7 Å². The lowest BCUT2D eigenvalue weighted by molar-refractivity contribution is 0.415. The van der Waals surface area contributed by atoms with Crippen LogP contribution in [0, 0.1) is 0 Å². The molecule has 3 heterocycles. The first kappa shape index (κ1) is 21.0. The van der Waals surface area contributed by atoms with Gasteiger partial charge in [-0.2, -0.15) is 4.98 Å². The number of ether oxygens (including phenoxy) is 1. The van der Waals surface area contributed by atoms with Crippen LogP contribution in [0.1, 0.15) is 0 Å². The van der Waals surface area contributed by atoms with Crippen LogP contribution >= 0.6 is 0 Å². The van der Waals surface area contributed by atoms with Gasteiger partial charge >= 0.3 is 0 Å².